The van der Waals surface area contributed by atoms with Crippen molar-refractivity contribution in [3.63, 3.8) is 0 Å². The molecule has 0 saturated carbocycles. The van der Waals surface area contributed by atoms with Gasteiger partial charge in [0.05, 0.1) is 0 Å². The quantitative estimate of drug-likeness (QED) is 0.500. The van der Waals surface area contributed by atoms with Gasteiger partial charge in [0.15, 0.2) is 5.82 Å². The molecule has 1 amide bonds. The largest absolute Gasteiger partial charge is 0.329 e. The van der Waals surface area contributed by atoms with Crippen LogP contribution in [0.3, 0.4) is 0 Å². The standard InChI is InChI=1S/C16H14N4OS/c21-10-17-14-7-3-12(4-8-14)9-11-1-5-13(6-2-11)15-18-16(22)20-19-15/h1-8,10H,9H2,(H,17,21)(H2,18,19,20,22). The highest BCUT2D eigenvalue weighted by atomic mass is 32.1. The summed E-state index contributed by atoms with van der Waals surface area (Å²) < 4.78 is 0.447. The second-order valence-corrected chi connectivity index (χ2v) is 5.24. The highest BCUT2D eigenvalue weighted by molar-refractivity contribution is 7.71. The van der Waals surface area contributed by atoms with E-state index >= 15 is 0 Å². The van der Waals surface area contributed by atoms with Crippen LogP contribution in [-0.2, 0) is 11.2 Å². The molecule has 3 aromatic rings. The number of carbonyl (C=O) groups excluding carboxylic acids is 1. The molecule has 0 unspecified atom stereocenters. The zero-order chi connectivity index (χ0) is 15.4. The number of H-pyrrole nitrogens is 2. The Bertz CT molecular complexity index is 818. The van der Waals surface area contributed by atoms with Crippen LogP contribution >= 0.6 is 12.2 Å². The summed E-state index contributed by atoms with van der Waals surface area (Å²) in [6.45, 7) is 0. The SMILES string of the molecule is O=CNc1ccc(Cc2ccc(-c3nc(=S)[nH][nH]3)cc2)cc1. The van der Waals surface area contributed by atoms with E-state index in [1.54, 1.807) is 0 Å². The average molecular weight is 310 g/mol. The zero-order valence-electron chi connectivity index (χ0n) is 11.7. The molecule has 1 heterocycles. The molecule has 2 aromatic carbocycles. The van der Waals surface area contributed by atoms with Gasteiger partial charge >= 0.3 is 0 Å². The predicted octanol–water partition coefficient (Wildman–Crippen LogP) is 3.29. The van der Waals surface area contributed by atoms with E-state index in [0.29, 0.717) is 11.2 Å². The maximum absolute atomic E-state index is 10.4. The topological polar surface area (TPSA) is 73.6 Å². The lowest BCUT2D eigenvalue weighted by Crippen LogP contribution is -1.94. The van der Waals surface area contributed by atoms with Gasteiger partial charge in [0.25, 0.3) is 0 Å². The number of hydrogen-bond donors (Lipinski definition) is 3. The van der Waals surface area contributed by atoms with Crippen molar-refractivity contribution < 1.29 is 4.79 Å². The van der Waals surface area contributed by atoms with Gasteiger partial charge in [0.1, 0.15) is 0 Å². The second kappa shape index (κ2) is 6.36. The Morgan fingerprint density at radius 2 is 1.64 bits per heavy atom. The third kappa shape index (κ3) is 3.29. The number of hydrogen-bond acceptors (Lipinski definition) is 3. The third-order valence-corrected chi connectivity index (χ3v) is 3.51. The monoisotopic (exact) mass is 310 g/mol. The van der Waals surface area contributed by atoms with Gasteiger partial charge in [-0.1, -0.05) is 36.4 Å². The van der Waals surface area contributed by atoms with Crippen LogP contribution in [-0.4, -0.2) is 21.6 Å². The van der Waals surface area contributed by atoms with Gasteiger partial charge in [-0.3, -0.25) is 15.0 Å². The molecule has 0 bridgehead atoms. The lowest BCUT2D eigenvalue weighted by Gasteiger charge is -2.05. The van der Waals surface area contributed by atoms with E-state index in [0.717, 1.165) is 23.5 Å². The zero-order valence-corrected chi connectivity index (χ0v) is 12.5. The Balaban J connectivity index is 1.73. The number of aromatic amines is 2. The molecule has 0 aliphatic heterocycles. The molecule has 0 aliphatic rings. The van der Waals surface area contributed by atoms with Gasteiger partial charge < -0.3 is 5.32 Å². The fourth-order valence-electron chi connectivity index (χ4n) is 2.21. The van der Waals surface area contributed by atoms with Gasteiger partial charge in [-0.25, -0.2) is 0 Å². The minimum Gasteiger partial charge on any atom is -0.329 e. The van der Waals surface area contributed by atoms with E-state index in [-0.39, 0.29) is 0 Å². The summed E-state index contributed by atoms with van der Waals surface area (Å²) in [6.07, 6.45) is 1.51. The molecule has 0 spiro atoms. The van der Waals surface area contributed by atoms with E-state index in [4.69, 9.17) is 12.2 Å². The molecule has 0 fully saturated rings. The minimum absolute atomic E-state index is 0.447. The van der Waals surface area contributed by atoms with Gasteiger partial charge in [0, 0.05) is 11.3 Å². The summed E-state index contributed by atoms with van der Waals surface area (Å²) in [5.41, 5.74) is 4.17. The first kappa shape index (κ1) is 14.2. The first-order chi connectivity index (χ1) is 10.7. The number of aromatic nitrogens is 3. The number of benzene rings is 2. The molecular formula is C16H14N4OS. The highest BCUT2D eigenvalue weighted by Crippen LogP contribution is 2.18. The minimum atomic E-state index is 0.447. The number of nitrogens with one attached hydrogen (secondary N) is 3. The summed E-state index contributed by atoms with van der Waals surface area (Å²) >= 11 is 4.95. The van der Waals surface area contributed by atoms with Crippen LogP contribution in [0.15, 0.2) is 48.5 Å². The second-order valence-electron chi connectivity index (χ2n) is 4.85. The lowest BCUT2D eigenvalue weighted by molar-refractivity contribution is -0.105. The Labute approximate surface area is 132 Å². The van der Waals surface area contributed by atoms with E-state index in [2.05, 4.69) is 32.6 Å². The van der Waals surface area contributed by atoms with E-state index < -0.39 is 0 Å². The Morgan fingerprint density at radius 1 is 1.00 bits per heavy atom. The number of nitrogens with zero attached hydrogens (tertiary/aromatic N) is 1. The molecule has 0 saturated heterocycles. The summed E-state index contributed by atoms with van der Waals surface area (Å²) in [5.74, 6) is 0.737. The fourth-order valence-corrected chi connectivity index (χ4v) is 2.35. The van der Waals surface area contributed by atoms with Gasteiger partial charge in [0.2, 0.25) is 11.2 Å². The molecule has 6 heteroatoms. The van der Waals surface area contributed by atoms with Crippen LogP contribution in [0.2, 0.25) is 0 Å². The normalized spacial score (nSPS) is 10.4. The molecule has 3 N–H and O–H groups in total. The molecule has 5 nitrogen and oxygen atoms in total. The smallest absolute Gasteiger partial charge is 0.213 e. The Hall–Kier alpha value is -2.73. The van der Waals surface area contributed by atoms with Gasteiger partial charge in [-0.2, -0.15) is 4.98 Å². The van der Waals surface area contributed by atoms with E-state index in [1.165, 1.54) is 11.1 Å². The van der Waals surface area contributed by atoms with Crippen LogP contribution in [0.5, 0.6) is 0 Å². The van der Waals surface area contributed by atoms with Crippen LogP contribution in [0.25, 0.3) is 11.4 Å². The molecule has 0 radical (unpaired) electrons. The first-order valence-electron chi connectivity index (χ1n) is 6.78. The van der Waals surface area contributed by atoms with Crippen molar-refractivity contribution in [2.45, 2.75) is 6.42 Å². The molecule has 3 rings (SSSR count). The Kier molecular flexibility index (Phi) is 4.11. The van der Waals surface area contributed by atoms with Crippen molar-refractivity contribution in [2.24, 2.45) is 0 Å². The molecular weight excluding hydrogens is 296 g/mol. The fraction of sp³-hybridized carbons (Fsp3) is 0.0625. The summed E-state index contributed by atoms with van der Waals surface area (Å²) in [5, 5.41) is 8.34. The van der Waals surface area contributed by atoms with Crippen LogP contribution in [0.4, 0.5) is 5.69 Å². The molecule has 1 aromatic heterocycles. The van der Waals surface area contributed by atoms with Crippen LogP contribution in [0, 0.1) is 4.77 Å². The van der Waals surface area contributed by atoms with Crippen molar-refractivity contribution in [2.75, 3.05) is 5.32 Å². The van der Waals surface area contributed by atoms with Crippen molar-refractivity contribution in [3.8, 4) is 11.4 Å². The van der Waals surface area contributed by atoms with E-state index in [1.807, 2.05) is 36.4 Å². The molecule has 22 heavy (non-hydrogen) atoms. The molecule has 0 aliphatic carbocycles. The van der Waals surface area contributed by atoms with Crippen molar-refractivity contribution in [3.05, 3.63) is 64.4 Å². The summed E-state index contributed by atoms with van der Waals surface area (Å²) in [7, 11) is 0. The number of rotatable bonds is 5. The number of anilines is 1. The van der Waals surface area contributed by atoms with Crippen molar-refractivity contribution >= 4 is 24.3 Å². The lowest BCUT2D eigenvalue weighted by atomic mass is 10.0. The Morgan fingerprint density at radius 3 is 2.18 bits per heavy atom. The molecule has 0 atom stereocenters. The average Bonchev–Trinajstić information content (AvgIpc) is 2.97. The third-order valence-electron chi connectivity index (χ3n) is 3.32. The van der Waals surface area contributed by atoms with Crippen LogP contribution < -0.4 is 5.32 Å². The van der Waals surface area contributed by atoms with Crippen LogP contribution in [0.1, 0.15) is 11.1 Å². The number of amides is 1. The number of carbonyl (C=O) groups is 1. The predicted molar refractivity (Wildman–Crippen MR) is 88.1 cm³/mol. The van der Waals surface area contributed by atoms with E-state index in [9.17, 15) is 4.79 Å². The highest BCUT2D eigenvalue weighted by Gasteiger charge is 2.02. The first-order valence-corrected chi connectivity index (χ1v) is 7.18. The summed E-state index contributed by atoms with van der Waals surface area (Å²) in [4.78, 5) is 14.6. The maximum Gasteiger partial charge on any atom is 0.213 e. The molecule has 110 valence electrons. The van der Waals surface area contributed by atoms with Gasteiger partial charge in [-0.05, 0) is 41.9 Å². The van der Waals surface area contributed by atoms with Gasteiger partial charge in [-0.15, -0.1) is 0 Å². The van der Waals surface area contributed by atoms with Crippen molar-refractivity contribution in [1.82, 2.24) is 15.2 Å². The summed E-state index contributed by atoms with van der Waals surface area (Å²) in [6, 6.07) is 16.0. The maximum atomic E-state index is 10.4. The van der Waals surface area contributed by atoms with Crippen molar-refractivity contribution in [1.29, 1.82) is 0 Å².